The van der Waals surface area contributed by atoms with E-state index in [1.54, 1.807) is 0 Å². The monoisotopic (exact) mass is 521 g/mol. The molecule has 1 saturated carbocycles. The molecule has 2 radical (unpaired) electrons. The second-order valence-corrected chi connectivity index (χ2v) is 13.0. The summed E-state index contributed by atoms with van der Waals surface area (Å²) in [6, 6.07) is 13.7. The number of carbonyl (C=O) groups is 1. The Balaban J connectivity index is 1.39. The molecule has 3 aromatic rings. The number of anilines is 1. The fraction of sp³-hybridized carbons (Fsp3) is 0.444. The third-order valence-electron chi connectivity index (χ3n) is 7.06. The summed E-state index contributed by atoms with van der Waals surface area (Å²) >= 11 is 0. The predicted molar refractivity (Wildman–Crippen MR) is 145 cm³/mol. The molecule has 10 heteroatoms. The standard InChI is InChI=1S/C27H32BN3O5S/c1-26(2,3)24-12-17-11-20(6-7-21(17)31(24)15-19(28)14-29-37(4,33)34)30-25(32)27(9-10-27)18-5-8-22-23(13-18)36-16-35-22/h5-8,11-13,19,29H,9-10,14-16H2,1-4H3,(H,30,32). The molecule has 0 bridgehead atoms. The van der Waals surface area contributed by atoms with Gasteiger partial charge in [0.1, 0.15) is 0 Å². The highest BCUT2D eigenvalue weighted by atomic mass is 32.2. The van der Waals surface area contributed by atoms with E-state index in [0.717, 1.165) is 46.9 Å². The van der Waals surface area contributed by atoms with E-state index < -0.39 is 21.3 Å². The number of nitrogens with one attached hydrogen (secondary N) is 2. The van der Waals surface area contributed by atoms with Gasteiger partial charge in [0.05, 0.1) is 19.5 Å². The van der Waals surface area contributed by atoms with Gasteiger partial charge in [0.2, 0.25) is 22.7 Å². The molecule has 2 aromatic carbocycles. The van der Waals surface area contributed by atoms with Crippen molar-refractivity contribution in [2.24, 2.45) is 0 Å². The first-order valence-electron chi connectivity index (χ1n) is 12.4. The number of hydrogen-bond donors (Lipinski definition) is 2. The van der Waals surface area contributed by atoms with E-state index in [9.17, 15) is 13.2 Å². The molecule has 37 heavy (non-hydrogen) atoms. The summed E-state index contributed by atoms with van der Waals surface area (Å²) in [5.41, 5.74) is 3.01. The molecule has 1 aliphatic carbocycles. The average Bonchev–Trinajstić information content (AvgIpc) is 3.36. The largest absolute Gasteiger partial charge is 0.454 e. The summed E-state index contributed by atoms with van der Waals surface area (Å²) < 4.78 is 38.5. The Bertz CT molecular complexity index is 1470. The fourth-order valence-electron chi connectivity index (χ4n) is 4.94. The van der Waals surface area contributed by atoms with Crippen LogP contribution in [0.5, 0.6) is 11.5 Å². The lowest BCUT2D eigenvalue weighted by Gasteiger charge is -2.24. The molecule has 0 saturated heterocycles. The van der Waals surface area contributed by atoms with Crippen molar-refractivity contribution >= 4 is 40.4 Å². The Morgan fingerprint density at radius 2 is 1.84 bits per heavy atom. The van der Waals surface area contributed by atoms with Crippen molar-refractivity contribution in [2.75, 3.05) is 24.9 Å². The SMILES string of the molecule is [B]C(CNS(C)(=O)=O)Cn1c(C(C)(C)C)cc2cc(NC(=O)C3(c4ccc5c(c4)OCO5)CC3)ccc21. The van der Waals surface area contributed by atoms with E-state index in [0.29, 0.717) is 18.0 Å². The highest BCUT2D eigenvalue weighted by Gasteiger charge is 2.51. The fourth-order valence-corrected chi connectivity index (χ4v) is 5.46. The molecule has 8 nitrogen and oxygen atoms in total. The molecule has 2 heterocycles. The van der Waals surface area contributed by atoms with Crippen LogP contribution in [0, 0.1) is 0 Å². The van der Waals surface area contributed by atoms with Crippen LogP contribution < -0.4 is 19.5 Å². The summed E-state index contributed by atoms with van der Waals surface area (Å²) in [7, 11) is 2.97. The lowest BCUT2D eigenvalue weighted by Crippen LogP contribution is -2.29. The van der Waals surface area contributed by atoms with Gasteiger partial charge in [-0.15, -0.1) is 0 Å². The highest BCUT2D eigenvalue weighted by Crippen LogP contribution is 2.51. The molecule has 1 atom stereocenters. The summed E-state index contributed by atoms with van der Waals surface area (Å²) in [5.74, 6) is 0.952. The topological polar surface area (TPSA) is 98.7 Å². The Morgan fingerprint density at radius 1 is 1.11 bits per heavy atom. The lowest BCUT2D eigenvalue weighted by molar-refractivity contribution is -0.118. The Kier molecular flexibility index (Phi) is 6.31. The molecule has 1 unspecified atom stereocenters. The molecular formula is C27H32BN3O5S. The molecule has 1 amide bonds. The lowest BCUT2D eigenvalue weighted by atomic mass is 9.86. The van der Waals surface area contributed by atoms with Gasteiger partial charge in [0.15, 0.2) is 11.5 Å². The number of aromatic nitrogens is 1. The first-order valence-corrected chi connectivity index (χ1v) is 14.3. The van der Waals surface area contributed by atoms with Gasteiger partial charge in [-0.2, -0.15) is 0 Å². The minimum Gasteiger partial charge on any atom is -0.454 e. The van der Waals surface area contributed by atoms with E-state index in [-0.39, 0.29) is 24.7 Å². The van der Waals surface area contributed by atoms with Crippen LogP contribution in [-0.2, 0) is 32.2 Å². The number of rotatable bonds is 8. The van der Waals surface area contributed by atoms with Gasteiger partial charge in [-0.1, -0.05) is 26.8 Å². The van der Waals surface area contributed by atoms with Gasteiger partial charge in [0, 0.05) is 40.8 Å². The van der Waals surface area contributed by atoms with Crippen LogP contribution in [0.15, 0.2) is 42.5 Å². The maximum Gasteiger partial charge on any atom is 0.235 e. The van der Waals surface area contributed by atoms with E-state index in [4.69, 9.17) is 17.3 Å². The average molecular weight is 521 g/mol. The number of carbonyl (C=O) groups excluding carboxylic acids is 1. The number of benzene rings is 2. The molecule has 5 rings (SSSR count). The van der Waals surface area contributed by atoms with Crippen LogP contribution in [0.25, 0.3) is 10.9 Å². The van der Waals surface area contributed by atoms with E-state index in [1.165, 1.54) is 0 Å². The van der Waals surface area contributed by atoms with Crippen LogP contribution in [0.4, 0.5) is 5.69 Å². The number of fused-ring (bicyclic) bond motifs is 2. The highest BCUT2D eigenvalue weighted by molar-refractivity contribution is 7.88. The van der Waals surface area contributed by atoms with Gasteiger partial charge in [0.25, 0.3) is 0 Å². The quantitative estimate of drug-likeness (QED) is 0.439. The van der Waals surface area contributed by atoms with Gasteiger partial charge < -0.3 is 19.4 Å². The van der Waals surface area contributed by atoms with Crippen molar-refractivity contribution in [3.63, 3.8) is 0 Å². The number of ether oxygens (including phenoxy) is 2. The number of hydrogen-bond acceptors (Lipinski definition) is 5. The number of amides is 1. The van der Waals surface area contributed by atoms with Crippen LogP contribution >= 0.6 is 0 Å². The molecule has 0 spiro atoms. The normalized spacial score (nSPS) is 17.1. The molecule has 1 aromatic heterocycles. The Hall–Kier alpha value is -2.98. The zero-order valence-corrected chi connectivity index (χ0v) is 22.4. The molecule has 1 aliphatic heterocycles. The third-order valence-corrected chi connectivity index (χ3v) is 7.75. The smallest absolute Gasteiger partial charge is 0.235 e. The molecular weight excluding hydrogens is 489 g/mol. The maximum absolute atomic E-state index is 13.4. The molecule has 2 aliphatic rings. The third kappa shape index (κ3) is 5.22. The summed E-state index contributed by atoms with van der Waals surface area (Å²) in [6.45, 7) is 7.19. The van der Waals surface area contributed by atoms with Crippen molar-refractivity contribution in [1.29, 1.82) is 0 Å². The Labute approximate surface area is 219 Å². The van der Waals surface area contributed by atoms with E-state index in [2.05, 4.69) is 41.4 Å². The number of nitrogens with zero attached hydrogens (tertiary/aromatic N) is 1. The van der Waals surface area contributed by atoms with Crippen LogP contribution in [-0.4, -0.2) is 46.3 Å². The van der Waals surface area contributed by atoms with Crippen molar-refractivity contribution in [3.05, 3.63) is 53.7 Å². The van der Waals surface area contributed by atoms with Crippen LogP contribution in [0.1, 0.15) is 44.9 Å². The summed E-state index contributed by atoms with van der Waals surface area (Å²) in [5, 5.41) is 4.11. The van der Waals surface area contributed by atoms with E-state index >= 15 is 0 Å². The van der Waals surface area contributed by atoms with Crippen molar-refractivity contribution < 1.29 is 22.7 Å². The molecule has 194 valence electrons. The minimum atomic E-state index is -3.32. The zero-order valence-electron chi connectivity index (χ0n) is 21.6. The first-order chi connectivity index (χ1) is 17.4. The first kappa shape index (κ1) is 25.7. The molecule has 1 fully saturated rings. The second-order valence-electron chi connectivity index (χ2n) is 11.1. The molecule has 2 N–H and O–H groups in total. The predicted octanol–water partition coefficient (Wildman–Crippen LogP) is 3.84. The van der Waals surface area contributed by atoms with Crippen molar-refractivity contribution in [3.8, 4) is 11.5 Å². The maximum atomic E-state index is 13.4. The van der Waals surface area contributed by atoms with Gasteiger partial charge in [-0.25, -0.2) is 13.1 Å². The second kappa shape index (κ2) is 9.10. The van der Waals surface area contributed by atoms with Gasteiger partial charge in [-0.3, -0.25) is 4.79 Å². The van der Waals surface area contributed by atoms with Crippen LogP contribution in [0.3, 0.4) is 0 Å². The van der Waals surface area contributed by atoms with E-state index in [1.807, 2.05) is 36.4 Å². The van der Waals surface area contributed by atoms with Crippen molar-refractivity contribution in [1.82, 2.24) is 9.29 Å². The zero-order chi connectivity index (χ0) is 26.6. The summed E-state index contributed by atoms with van der Waals surface area (Å²) in [4.78, 5) is 13.4. The van der Waals surface area contributed by atoms with Gasteiger partial charge in [-0.05, 0) is 60.6 Å². The number of sulfonamides is 1. The van der Waals surface area contributed by atoms with Crippen LogP contribution in [0.2, 0.25) is 5.82 Å². The van der Waals surface area contributed by atoms with Crippen molar-refractivity contribution in [2.45, 2.75) is 56.8 Å². The summed E-state index contributed by atoms with van der Waals surface area (Å²) in [6.07, 6.45) is 2.69. The minimum absolute atomic E-state index is 0.0323. The Morgan fingerprint density at radius 3 is 2.51 bits per heavy atom. The van der Waals surface area contributed by atoms with Gasteiger partial charge >= 0.3 is 0 Å².